The number of aliphatic hydroxyl groups excluding tert-OH is 2. The number of aliphatic hydroxyl groups is 2. The van der Waals surface area contributed by atoms with Crippen molar-refractivity contribution in [1.29, 1.82) is 0 Å². The molecule has 1 spiro atoms. The van der Waals surface area contributed by atoms with Crippen molar-refractivity contribution in [2.75, 3.05) is 72.1 Å². The Morgan fingerprint density at radius 3 is 2.32 bits per heavy atom. The third kappa shape index (κ3) is 5.57. The molecular weight excluding hydrogens is 360 g/mol. The molecule has 8 nitrogen and oxygen atoms in total. The fourth-order valence-corrected chi connectivity index (χ4v) is 4.61. The second kappa shape index (κ2) is 9.71. The number of rotatable bonds is 8. The molecule has 0 saturated carbocycles. The first-order chi connectivity index (χ1) is 13.4. The maximum Gasteiger partial charge on any atom is 0.410 e. The highest BCUT2D eigenvalue weighted by atomic mass is 16.6. The first kappa shape index (κ1) is 21.8. The largest absolute Gasteiger partial charge is 0.441 e. The number of likely N-dealkylation sites (tertiary alicyclic amines) is 1. The van der Waals surface area contributed by atoms with E-state index in [2.05, 4.69) is 28.5 Å². The van der Waals surface area contributed by atoms with Crippen LogP contribution in [-0.2, 0) is 4.74 Å². The van der Waals surface area contributed by atoms with Crippen molar-refractivity contribution in [3.63, 3.8) is 0 Å². The second-order valence-electron chi connectivity index (χ2n) is 8.93. The molecule has 3 fully saturated rings. The lowest BCUT2D eigenvalue weighted by molar-refractivity contribution is -0.0158. The van der Waals surface area contributed by atoms with Crippen molar-refractivity contribution >= 4 is 6.09 Å². The normalized spacial score (nSPS) is 25.6. The summed E-state index contributed by atoms with van der Waals surface area (Å²) in [6.45, 7) is 13.3. The summed E-state index contributed by atoms with van der Waals surface area (Å²) in [5, 5.41) is 18.6. The van der Waals surface area contributed by atoms with Gasteiger partial charge in [-0.1, -0.05) is 0 Å². The molecule has 3 saturated heterocycles. The highest BCUT2D eigenvalue weighted by Crippen LogP contribution is 2.33. The molecule has 0 aliphatic carbocycles. The van der Waals surface area contributed by atoms with Crippen LogP contribution in [0.1, 0.15) is 33.1 Å². The van der Waals surface area contributed by atoms with Crippen molar-refractivity contribution in [3.8, 4) is 0 Å². The monoisotopic (exact) mass is 398 g/mol. The summed E-state index contributed by atoms with van der Waals surface area (Å²) in [5.74, 6) is 0. The van der Waals surface area contributed by atoms with Crippen LogP contribution in [0.3, 0.4) is 0 Å². The molecule has 2 N–H and O–H groups in total. The van der Waals surface area contributed by atoms with E-state index in [9.17, 15) is 9.90 Å². The summed E-state index contributed by atoms with van der Waals surface area (Å²) in [5.41, 5.74) is -0.360. The number of ether oxygens (including phenoxy) is 1. The van der Waals surface area contributed by atoms with E-state index in [-0.39, 0.29) is 18.3 Å². The van der Waals surface area contributed by atoms with Crippen LogP contribution in [0, 0.1) is 0 Å². The van der Waals surface area contributed by atoms with E-state index in [0.717, 1.165) is 71.6 Å². The van der Waals surface area contributed by atoms with Crippen LogP contribution < -0.4 is 0 Å². The van der Waals surface area contributed by atoms with Gasteiger partial charge in [-0.25, -0.2) is 4.79 Å². The van der Waals surface area contributed by atoms with Crippen LogP contribution in [0.5, 0.6) is 0 Å². The van der Waals surface area contributed by atoms with Crippen molar-refractivity contribution in [3.05, 3.63) is 0 Å². The third-order valence-electron chi connectivity index (χ3n) is 6.53. The predicted molar refractivity (Wildman–Crippen MR) is 107 cm³/mol. The van der Waals surface area contributed by atoms with Crippen LogP contribution in [0.2, 0.25) is 0 Å². The topological polar surface area (TPSA) is 79.7 Å². The highest BCUT2D eigenvalue weighted by molar-refractivity contribution is 5.70. The van der Waals surface area contributed by atoms with Crippen molar-refractivity contribution in [1.82, 2.24) is 19.6 Å². The van der Waals surface area contributed by atoms with Gasteiger partial charge in [0.1, 0.15) is 5.60 Å². The molecule has 0 bridgehead atoms. The first-order valence-corrected chi connectivity index (χ1v) is 10.9. The zero-order valence-corrected chi connectivity index (χ0v) is 17.6. The summed E-state index contributed by atoms with van der Waals surface area (Å²) < 4.78 is 5.79. The zero-order valence-electron chi connectivity index (χ0n) is 17.6. The summed E-state index contributed by atoms with van der Waals surface area (Å²) in [6, 6.07) is 0.621. The minimum Gasteiger partial charge on any atom is -0.441 e. The Morgan fingerprint density at radius 1 is 1.04 bits per heavy atom. The lowest BCUT2D eigenvalue weighted by Crippen LogP contribution is -2.49. The van der Waals surface area contributed by atoms with Crippen LogP contribution in [-0.4, -0.2) is 126 Å². The molecule has 3 aliphatic heterocycles. The van der Waals surface area contributed by atoms with Gasteiger partial charge in [0.05, 0.1) is 19.3 Å². The van der Waals surface area contributed by atoms with Crippen LogP contribution >= 0.6 is 0 Å². The van der Waals surface area contributed by atoms with Crippen LogP contribution in [0.25, 0.3) is 0 Å². The smallest absolute Gasteiger partial charge is 0.410 e. The Bertz CT molecular complexity index is 502. The Labute approximate surface area is 169 Å². The average molecular weight is 399 g/mol. The fourth-order valence-electron chi connectivity index (χ4n) is 4.61. The maximum absolute atomic E-state index is 12.4. The molecule has 8 heteroatoms. The minimum atomic E-state index is -0.695. The van der Waals surface area contributed by atoms with Gasteiger partial charge in [0.25, 0.3) is 0 Å². The molecule has 1 amide bonds. The number of β-amino-alcohol motifs (C(OH)–C–C–N with tert-alkyl or cyclic N) is 1. The van der Waals surface area contributed by atoms with E-state index < -0.39 is 6.10 Å². The van der Waals surface area contributed by atoms with Gasteiger partial charge in [0.15, 0.2) is 0 Å². The Morgan fingerprint density at radius 2 is 1.71 bits per heavy atom. The highest BCUT2D eigenvalue weighted by Gasteiger charge is 2.46. The standard InChI is InChI=1S/C20H38N4O4/c1-17(2)23-12-10-21(11-13-23)6-3-7-24-16-20(28-19(24)27)4-8-22(9-5-20)14-18(26)15-25/h17-18,25-26H,3-16H2,1-2H3/t18-/m1/s1. The number of hydrogen-bond acceptors (Lipinski definition) is 7. The molecular formula is C20H38N4O4. The number of piperazine rings is 1. The molecule has 0 radical (unpaired) electrons. The molecule has 0 aromatic carbocycles. The average Bonchev–Trinajstić information content (AvgIpc) is 2.99. The van der Waals surface area contributed by atoms with Crippen LogP contribution in [0.4, 0.5) is 4.79 Å². The lowest BCUT2D eigenvalue weighted by Gasteiger charge is -2.38. The molecule has 3 aliphatic rings. The Balaban J connectivity index is 1.36. The van der Waals surface area contributed by atoms with Gasteiger partial charge in [-0.05, 0) is 26.8 Å². The number of piperidine rings is 1. The van der Waals surface area contributed by atoms with Gasteiger partial charge < -0.3 is 29.6 Å². The fraction of sp³-hybridized carbons (Fsp3) is 0.950. The van der Waals surface area contributed by atoms with Gasteiger partial charge in [-0.15, -0.1) is 0 Å². The summed E-state index contributed by atoms with van der Waals surface area (Å²) in [6.07, 6.45) is 1.71. The molecule has 162 valence electrons. The van der Waals surface area contributed by atoms with E-state index in [1.807, 2.05) is 4.90 Å². The molecule has 28 heavy (non-hydrogen) atoms. The van der Waals surface area contributed by atoms with E-state index in [4.69, 9.17) is 9.84 Å². The number of carbonyl (C=O) groups excluding carboxylic acids is 1. The third-order valence-corrected chi connectivity index (χ3v) is 6.53. The van der Waals surface area contributed by atoms with Crippen molar-refractivity contribution in [2.24, 2.45) is 0 Å². The van der Waals surface area contributed by atoms with E-state index >= 15 is 0 Å². The van der Waals surface area contributed by atoms with E-state index in [1.54, 1.807) is 0 Å². The minimum absolute atomic E-state index is 0.173. The van der Waals surface area contributed by atoms with Gasteiger partial charge in [-0.3, -0.25) is 4.90 Å². The number of hydrogen-bond donors (Lipinski definition) is 2. The Hall–Kier alpha value is -0.930. The maximum atomic E-state index is 12.4. The quantitative estimate of drug-likeness (QED) is 0.598. The van der Waals surface area contributed by atoms with E-state index in [0.29, 0.717) is 19.1 Å². The zero-order chi connectivity index (χ0) is 20.1. The number of carbonyl (C=O) groups is 1. The van der Waals surface area contributed by atoms with Crippen LogP contribution in [0.15, 0.2) is 0 Å². The SMILES string of the molecule is CC(C)N1CCN(CCCN2CC3(CCN(C[C@@H](O)CO)CC3)OC2=O)CC1. The van der Waals surface area contributed by atoms with E-state index in [1.165, 1.54) is 0 Å². The molecule has 3 rings (SSSR count). The Kier molecular flexibility index (Phi) is 7.55. The van der Waals surface area contributed by atoms with Gasteiger partial charge in [-0.2, -0.15) is 0 Å². The summed E-state index contributed by atoms with van der Waals surface area (Å²) in [4.78, 5) is 21.4. The molecule has 3 heterocycles. The lowest BCUT2D eigenvalue weighted by atomic mass is 9.91. The van der Waals surface area contributed by atoms with Gasteiger partial charge in [0, 0.05) is 71.2 Å². The predicted octanol–water partition coefficient (Wildman–Crippen LogP) is 0.0425. The van der Waals surface area contributed by atoms with Gasteiger partial charge >= 0.3 is 6.09 Å². The number of amides is 1. The summed E-state index contributed by atoms with van der Waals surface area (Å²) >= 11 is 0. The first-order valence-electron chi connectivity index (χ1n) is 10.9. The van der Waals surface area contributed by atoms with Crippen molar-refractivity contribution in [2.45, 2.75) is 50.9 Å². The summed E-state index contributed by atoms with van der Waals surface area (Å²) in [7, 11) is 0. The molecule has 0 aromatic heterocycles. The second-order valence-corrected chi connectivity index (χ2v) is 8.93. The van der Waals surface area contributed by atoms with Crippen molar-refractivity contribution < 1.29 is 19.7 Å². The molecule has 1 atom stereocenters. The number of nitrogens with zero attached hydrogens (tertiary/aromatic N) is 4. The van der Waals surface area contributed by atoms with Gasteiger partial charge in [0.2, 0.25) is 0 Å². The molecule has 0 unspecified atom stereocenters. The molecule has 0 aromatic rings.